The van der Waals surface area contributed by atoms with Gasteiger partial charge in [0.2, 0.25) is 0 Å². The van der Waals surface area contributed by atoms with Crippen molar-refractivity contribution in [1.29, 1.82) is 0 Å². The Morgan fingerprint density at radius 1 is 1.26 bits per heavy atom. The van der Waals surface area contributed by atoms with E-state index >= 15 is 0 Å². The van der Waals surface area contributed by atoms with E-state index < -0.39 is 0 Å². The first-order valence-corrected chi connectivity index (χ1v) is 7.59. The van der Waals surface area contributed by atoms with Crippen LogP contribution in [0.15, 0.2) is 30.3 Å². The molecule has 0 aliphatic heterocycles. The molecule has 19 heavy (non-hydrogen) atoms. The third-order valence-corrected chi connectivity index (χ3v) is 5.13. The van der Waals surface area contributed by atoms with Crippen LogP contribution in [0.2, 0.25) is 0 Å². The first-order valence-electron chi connectivity index (χ1n) is 7.59. The van der Waals surface area contributed by atoms with Crippen molar-refractivity contribution in [1.82, 2.24) is 5.32 Å². The van der Waals surface area contributed by atoms with Crippen LogP contribution < -0.4 is 5.32 Å². The topological polar surface area (TPSA) is 21.3 Å². The summed E-state index contributed by atoms with van der Waals surface area (Å²) in [5.41, 5.74) is 1.69. The Hall–Kier alpha value is -0.860. The van der Waals surface area contributed by atoms with Gasteiger partial charge in [0.15, 0.2) is 0 Å². The van der Waals surface area contributed by atoms with Crippen LogP contribution in [0.5, 0.6) is 0 Å². The van der Waals surface area contributed by atoms with Gasteiger partial charge in [-0.1, -0.05) is 36.8 Å². The molecular formula is C17H25NO. The smallest absolute Gasteiger partial charge is 0.0717 e. The number of nitrogens with one attached hydrogen (secondary N) is 1. The first-order chi connectivity index (χ1) is 9.32. The van der Waals surface area contributed by atoms with E-state index in [1.807, 2.05) is 0 Å². The molecule has 1 aromatic rings. The average molecular weight is 259 g/mol. The molecule has 2 fully saturated rings. The van der Waals surface area contributed by atoms with E-state index in [2.05, 4.69) is 42.7 Å². The maximum atomic E-state index is 6.07. The SMILES string of the molecule is CNCC1(COCc2ccccc2)CC2CCC1C2. The lowest BCUT2D eigenvalue weighted by Crippen LogP contribution is -2.41. The zero-order valence-corrected chi connectivity index (χ0v) is 11.9. The van der Waals surface area contributed by atoms with Gasteiger partial charge in [0.05, 0.1) is 13.2 Å². The fourth-order valence-electron chi connectivity index (χ4n) is 4.30. The Morgan fingerprint density at radius 3 is 2.74 bits per heavy atom. The molecule has 0 saturated heterocycles. The Morgan fingerprint density at radius 2 is 2.11 bits per heavy atom. The Balaban J connectivity index is 1.57. The van der Waals surface area contributed by atoms with E-state index in [0.29, 0.717) is 5.41 Å². The van der Waals surface area contributed by atoms with E-state index in [-0.39, 0.29) is 0 Å². The molecule has 0 radical (unpaired) electrons. The van der Waals surface area contributed by atoms with Crippen molar-refractivity contribution in [3.8, 4) is 0 Å². The summed E-state index contributed by atoms with van der Waals surface area (Å²) >= 11 is 0. The van der Waals surface area contributed by atoms with Crippen LogP contribution in [0.3, 0.4) is 0 Å². The lowest BCUT2D eigenvalue weighted by Gasteiger charge is -2.37. The van der Waals surface area contributed by atoms with Gasteiger partial charge in [-0.15, -0.1) is 0 Å². The maximum Gasteiger partial charge on any atom is 0.0717 e. The molecule has 3 atom stereocenters. The quantitative estimate of drug-likeness (QED) is 0.847. The number of fused-ring (bicyclic) bond motifs is 2. The molecule has 2 aliphatic carbocycles. The largest absolute Gasteiger partial charge is 0.376 e. The lowest BCUT2D eigenvalue weighted by molar-refractivity contribution is 0.00167. The summed E-state index contributed by atoms with van der Waals surface area (Å²) in [7, 11) is 2.07. The molecule has 0 heterocycles. The molecule has 1 aromatic carbocycles. The third kappa shape index (κ3) is 2.70. The van der Waals surface area contributed by atoms with Gasteiger partial charge < -0.3 is 10.1 Å². The van der Waals surface area contributed by atoms with E-state index in [1.165, 1.54) is 31.2 Å². The maximum absolute atomic E-state index is 6.07. The van der Waals surface area contributed by atoms with Crippen LogP contribution in [-0.2, 0) is 11.3 Å². The highest BCUT2D eigenvalue weighted by Crippen LogP contribution is 2.55. The van der Waals surface area contributed by atoms with Crippen molar-refractivity contribution >= 4 is 0 Å². The normalized spacial score (nSPS) is 32.9. The number of benzene rings is 1. The summed E-state index contributed by atoms with van der Waals surface area (Å²) in [6, 6.07) is 10.5. The number of hydrogen-bond acceptors (Lipinski definition) is 2. The highest BCUT2D eigenvalue weighted by atomic mass is 16.5. The van der Waals surface area contributed by atoms with Gasteiger partial charge in [-0.05, 0) is 43.7 Å². The molecule has 0 spiro atoms. The molecule has 3 unspecified atom stereocenters. The molecule has 2 saturated carbocycles. The lowest BCUT2D eigenvalue weighted by atomic mass is 9.73. The van der Waals surface area contributed by atoms with Crippen LogP contribution in [0.25, 0.3) is 0 Å². The molecule has 0 aromatic heterocycles. The van der Waals surface area contributed by atoms with Crippen LogP contribution in [-0.4, -0.2) is 20.2 Å². The highest BCUT2D eigenvalue weighted by Gasteiger charge is 2.50. The third-order valence-electron chi connectivity index (χ3n) is 5.13. The molecule has 2 nitrogen and oxygen atoms in total. The first kappa shape index (κ1) is 13.1. The van der Waals surface area contributed by atoms with Gasteiger partial charge in [0, 0.05) is 12.0 Å². The van der Waals surface area contributed by atoms with Gasteiger partial charge >= 0.3 is 0 Å². The molecule has 2 heteroatoms. The van der Waals surface area contributed by atoms with Gasteiger partial charge in [-0.2, -0.15) is 0 Å². The fourth-order valence-corrected chi connectivity index (χ4v) is 4.30. The van der Waals surface area contributed by atoms with Gasteiger partial charge in [-0.3, -0.25) is 0 Å². The summed E-state index contributed by atoms with van der Waals surface area (Å²) in [5.74, 6) is 1.86. The number of rotatable bonds is 6. The van der Waals surface area contributed by atoms with Crippen LogP contribution in [0, 0.1) is 17.3 Å². The second kappa shape index (κ2) is 5.64. The molecule has 104 valence electrons. The van der Waals surface area contributed by atoms with Crippen molar-refractivity contribution in [2.45, 2.75) is 32.3 Å². The van der Waals surface area contributed by atoms with E-state index in [9.17, 15) is 0 Å². The van der Waals surface area contributed by atoms with Crippen LogP contribution in [0.4, 0.5) is 0 Å². The second-order valence-corrected chi connectivity index (χ2v) is 6.45. The van der Waals surface area contributed by atoms with Crippen molar-refractivity contribution in [2.24, 2.45) is 17.3 Å². The molecule has 1 N–H and O–H groups in total. The molecule has 2 aliphatic rings. The minimum Gasteiger partial charge on any atom is -0.376 e. The van der Waals surface area contributed by atoms with Gasteiger partial charge in [0.25, 0.3) is 0 Å². The Bertz CT molecular complexity index is 405. The zero-order valence-electron chi connectivity index (χ0n) is 11.9. The van der Waals surface area contributed by atoms with Gasteiger partial charge in [-0.25, -0.2) is 0 Å². The standard InChI is InChI=1S/C17H25NO/c1-18-12-17(10-15-7-8-16(17)9-15)13-19-11-14-5-3-2-4-6-14/h2-6,15-16,18H,7-13H2,1H3. The number of hydrogen-bond donors (Lipinski definition) is 1. The molecule has 2 bridgehead atoms. The van der Waals surface area contributed by atoms with E-state index in [0.717, 1.165) is 31.6 Å². The molecule has 3 rings (SSSR count). The van der Waals surface area contributed by atoms with Crippen LogP contribution >= 0.6 is 0 Å². The van der Waals surface area contributed by atoms with Crippen molar-refractivity contribution in [3.05, 3.63) is 35.9 Å². The minimum absolute atomic E-state index is 0.409. The molecular weight excluding hydrogens is 234 g/mol. The van der Waals surface area contributed by atoms with Gasteiger partial charge in [0.1, 0.15) is 0 Å². The summed E-state index contributed by atoms with van der Waals surface area (Å²) in [6.45, 7) is 2.79. The predicted octanol–water partition coefficient (Wildman–Crippen LogP) is 3.23. The summed E-state index contributed by atoms with van der Waals surface area (Å²) in [6.07, 6.45) is 5.68. The highest BCUT2D eigenvalue weighted by molar-refractivity contribution is 5.13. The zero-order chi connectivity index (χ0) is 13.1. The monoisotopic (exact) mass is 259 g/mol. The fraction of sp³-hybridized carbons (Fsp3) is 0.647. The van der Waals surface area contributed by atoms with Crippen molar-refractivity contribution < 1.29 is 4.74 Å². The summed E-state index contributed by atoms with van der Waals surface area (Å²) in [5, 5.41) is 3.40. The van der Waals surface area contributed by atoms with Crippen LogP contribution in [0.1, 0.15) is 31.2 Å². The summed E-state index contributed by atoms with van der Waals surface area (Å²) in [4.78, 5) is 0. The summed E-state index contributed by atoms with van der Waals surface area (Å²) < 4.78 is 6.07. The van der Waals surface area contributed by atoms with E-state index in [1.54, 1.807) is 0 Å². The Labute approximate surface area is 116 Å². The van der Waals surface area contributed by atoms with E-state index in [4.69, 9.17) is 4.74 Å². The average Bonchev–Trinajstić information content (AvgIpc) is 3.01. The molecule has 0 amide bonds. The van der Waals surface area contributed by atoms with Crippen molar-refractivity contribution in [3.63, 3.8) is 0 Å². The predicted molar refractivity (Wildman–Crippen MR) is 77.9 cm³/mol. The Kier molecular flexibility index (Phi) is 3.90. The minimum atomic E-state index is 0.409. The second-order valence-electron chi connectivity index (χ2n) is 6.45. The number of ether oxygens (including phenoxy) is 1. The van der Waals surface area contributed by atoms with Crippen molar-refractivity contribution in [2.75, 3.05) is 20.2 Å².